The summed E-state index contributed by atoms with van der Waals surface area (Å²) in [6.07, 6.45) is 1.71. The Morgan fingerprint density at radius 3 is 3.00 bits per heavy atom. The van der Waals surface area contributed by atoms with Gasteiger partial charge in [0.1, 0.15) is 5.82 Å². The van der Waals surface area contributed by atoms with Crippen LogP contribution in [0, 0.1) is 5.82 Å². The molecule has 3 nitrogen and oxygen atoms in total. The molecule has 1 aromatic carbocycles. The van der Waals surface area contributed by atoms with E-state index in [1.807, 2.05) is 0 Å². The van der Waals surface area contributed by atoms with Gasteiger partial charge in [-0.15, -0.1) is 12.6 Å². The molecule has 5 heteroatoms. The summed E-state index contributed by atoms with van der Waals surface area (Å²) in [6, 6.07) is 3.99. The Morgan fingerprint density at radius 2 is 2.35 bits per heavy atom. The standard InChI is InChI=1S/C12H14FNO2S/c13-10-4-3-8(6-11(10)17)12(16)14-5-1-2-9(14)7-15/h3-4,6,9,15,17H,1-2,5,7H2. The lowest BCUT2D eigenvalue weighted by molar-refractivity contribution is 0.0677. The Bertz CT molecular complexity index is 439. The molecule has 1 atom stereocenters. The third-order valence-electron chi connectivity index (χ3n) is 3.04. The molecule has 92 valence electrons. The van der Waals surface area contributed by atoms with Gasteiger partial charge in [-0.3, -0.25) is 4.79 Å². The first-order valence-corrected chi connectivity index (χ1v) is 5.98. The van der Waals surface area contributed by atoms with E-state index in [4.69, 9.17) is 5.11 Å². The molecule has 1 aliphatic heterocycles. The molecule has 1 aromatic rings. The van der Waals surface area contributed by atoms with Crippen LogP contribution in [0.2, 0.25) is 0 Å². The molecule has 17 heavy (non-hydrogen) atoms. The lowest BCUT2D eigenvalue weighted by Crippen LogP contribution is -2.37. The van der Waals surface area contributed by atoms with Crippen molar-refractivity contribution >= 4 is 18.5 Å². The molecule has 0 saturated carbocycles. The summed E-state index contributed by atoms with van der Waals surface area (Å²) >= 11 is 3.96. The van der Waals surface area contributed by atoms with Crippen molar-refractivity contribution in [2.75, 3.05) is 13.2 Å². The van der Waals surface area contributed by atoms with Gasteiger partial charge in [-0.25, -0.2) is 4.39 Å². The van der Waals surface area contributed by atoms with Crippen LogP contribution in [-0.4, -0.2) is 35.1 Å². The van der Waals surface area contributed by atoms with Crippen LogP contribution >= 0.6 is 12.6 Å². The van der Waals surface area contributed by atoms with E-state index in [1.54, 1.807) is 4.90 Å². The molecule has 0 aliphatic carbocycles. The zero-order chi connectivity index (χ0) is 12.4. The number of amides is 1. The summed E-state index contributed by atoms with van der Waals surface area (Å²) in [4.78, 5) is 13.9. The Morgan fingerprint density at radius 1 is 1.59 bits per heavy atom. The summed E-state index contributed by atoms with van der Waals surface area (Å²) in [6.45, 7) is 0.615. The maximum absolute atomic E-state index is 13.0. The lowest BCUT2D eigenvalue weighted by atomic mass is 10.1. The van der Waals surface area contributed by atoms with Crippen molar-refractivity contribution in [3.8, 4) is 0 Å². The first-order valence-electron chi connectivity index (χ1n) is 5.54. The van der Waals surface area contributed by atoms with Gasteiger partial charge >= 0.3 is 0 Å². The highest BCUT2D eigenvalue weighted by Gasteiger charge is 2.28. The second-order valence-electron chi connectivity index (χ2n) is 4.14. The monoisotopic (exact) mass is 255 g/mol. The van der Waals surface area contributed by atoms with Crippen LogP contribution in [0.3, 0.4) is 0 Å². The van der Waals surface area contributed by atoms with E-state index in [0.717, 1.165) is 12.8 Å². The van der Waals surface area contributed by atoms with Crippen LogP contribution < -0.4 is 0 Å². The largest absolute Gasteiger partial charge is 0.394 e. The number of carbonyl (C=O) groups is 1. The Balaban J connectivity index is 2.21. The predicted molar refractivity (Wildman–Crippen MR) is 64.8 cm³/mol. The fourth-order valence-electron chi connectivity index (χ4n) is 2.10. The summed E-state index contributed by atoms with van der Waals surface area (Å²) in [7, 11) is 0. The summed E-state index contributed by atoms with van der Waals surface area (Å²) in [5.74, 6) is -0.609. The molecule has 2 rings (SSSR count). The second-order valence-corrected chi connectivity index (χ2v) is 4.63. The fourth-order valence-corrected chi connectivity index (χ4v) is 2.32. The number of hydrogen-bond acceptors (Lipinski definition) is 3. The number of benzene rings is 1. The van der Waals surface area contributed by atoms with Gasteiger partial charge in [0.25, 0.3) is 5.91 Å². The summed E-state index contributed by atoms with van der Waals surface area (Å²) in [5.41, 5.74) is 0.414. The maximum Gasteiger partial charge on any atom is 0.254 e. The third-order valence-corrected chi connectivity index (χ3v) is 3.38. The van der Waals surface area contributed by atoms with Crippen molar-refractivity contribution in [2.24, 2.45) is 0 Å². The van der Waals surface area contributed by atoms with Gasteiger partial charge in [-0.2, -0.15) is 0 Å². The molecule has 1 fully saturated rings. The van der Waals surface area contributed by atoms with E-state index in [9.17, 15) is 9.18 Å². The molecule has 0 bridgehead atoms. The number of halogens is 1. The van der Waals surface area contributed by atoms with Gasteiger partial charge in [0.15, 0.2) is 0 Å². The van der Waals surface area contributed by atoms with E-state index < -0.39 is 5.82 Å². The molecule has 1 unspecified atom stereocenters. The van der Waals surface area contributed by atoms with Crippen molar-refractivity contribution in [1.82, 2.24) is 4.90 Å². The van der Waals surface area contributed by atoms with Crippen LogP contribution in [0.1, 0.15) is 23.2 Å². The van der Waals surface area contributed by atoms with E-state index >= 15 is 0 Å². The van der Waals surface area contributed by atoms with Gasteiger partial charge in [-0.1, -0.05) is 0 Å². The highest BCUT2D eigenvalue weighted by atomic mass is 32.1. The maximum atomic E-state index is 13.0. The lowest BCUT2D eigenvalue weighted by Gasteiger charge is -2.23. The minimum Gasteiger partial charge on any atom is -0.394 e. The quantitative estimate of drug-likeness (QED) is 0.790. The number of carbonyl (C=O) groups excluding carboxylic acids is 1. The molecule has 0 radical (unpaired) electrons. The average molecular weight is 255 g/mol. The Kier molecular flexibility index (Phi) is 3.69. The summed E-state index contributed by atoms with van der Waals surface area (Å²) < 4.78 is 13.0. The van der Waals surface area contributed by atoms with Crippen LogP contribution in [0.15, 0.2) is 23.1 Å². The van der Waals surface area contributed by atoms with Crippen LogP contribution in [-0.2, 0) is 0 Å². The zero-order valence-electron chi connectivity index (χ0n) is 9.27. The van der Waals surface area contributed by atoms with Gasteiger partial charge in [0.2, 0.25) is 0 Å². The third kappa shape index (κ3) is 2.45. The number of thiol groups is 1. The predicted octanol–water partition coefficient (Wildman–Crippen LogP) is 1.71. The van der Waals surface area contributed by atoms with Crippen molar-refractivity contribution in [1.29, 1.82) is 0 Å². The molecule has 1 aliphatic rings. The molecule has 0 spiro atoms. The van der Waals surface area contributed by atoms with Crippen LogP contribution in [0.4, 0.5) is 4.39 Å². The highest BCUT2D eigenvalue weighted by molar-refractivity contribution is 7.80. The zero-order valence-corrected chi connectivity index (χ0v) is 10.2. The number of rotatable bonds is 2. The Labute approximate surface area is 105 Å². The molecule has 1 N–H and O–H groups in total. The van der Waals surface area contributed by atoms with Gasteiger partial charge in [0.05, 0.1) is 12.6 Å². The average Bonchev–Trinajstić information content (AvgIpc) is 2.80. The molecule has 0 aromatic heterocycles. The summed E-state index contributed by atoms with van der Waals surface area (Å²) in [5, 5.41) is 9.16. The number of likely N-dealkylation sites (tertiary alicyclic amines) is 1. The van der Waals surface area contributed by atoms with E-state index in [1.165, 1.54) is 18.2 Å². The van der Waals surface area contributed by atoms with Crippen LogP contribution in [0.5, 0.6) is 0 Å². The number of aliphatic hydroxyl groups excluding tert-OH is 1. The normalized spacial score (nSPS) is 19.7. The molecule has 1 heterocycles. The van der Waals surface area contributed by atoms with E-state index in [-0.39, 0.29) is 23.5 Å². The van der Waals surface area contributed by atoms with Crippen molar-refractivity contribution in [3.63, 3.8) is 0 Å². The minimum atomic E-state index is -0.440. The van der Waals surface area contributed by atoms with E-state index in [2.05, 4.69) is 12.6 Å². The number of hydrogen-bond donors (Lipinski definition) is 2. The van der Waals surface area contributed by atoms with Crippen molar-refractivity contribution < 1.29 is 14.3 Å². The molecular formula is C12H14FNO2S. The first-order chi connectivity index (χ1) is 8.13. The van der Waals surface area contributed by atoms with Crippen LogP contribution in [0.25, 0.3) is 0 Å². The fraction of sp³-hybridized carbons (Fsp3) is 0.417. The van der Waals surface area contributed by atoms with Gasteiger partial charge < -0.3 is 10.0 Å². The minimum absolute atomic E-state index is 0.0271. The van der Waals surface area contributed by atoms with Gasteiger partial charge in [-0.05, 0) is 31.0 Å². The number of nitrogens with zero attached hydrogens (tertiary/aromatic N) is 1. The Hall–Kier alpha value is -1.07. The molecular weight excluding hydrogens is 241 g/mol. The van der Waals surface area contributed by atoms with Crippen molar-refractivity contribution in [3.05, 3.63) is 29.6 Å². The van der Waals surface area contributed by atoms with E-state index in [0.29, 0.717) is 12.1 Å². The smallest absolute Gasteiger partial charge is 0.254 e. The second kappa shape index (κ2) is 5.06. The topological polar surface area (TPSA) is 40.5 Å². The van der Waals surface area contributed by atoms with Gasteiger partial charge in [0, 0.05) is 17.0 Å². The SMILES string of the molecule is O=C(c1ccc(F)c(S)c1)N1CCCC1CO. The first kappa shape index (κ1) is 12.4. The number of aliphatic hydroxyl groups is 1. The molecule has 1 amide bonds. The molecule has 1 saturated heterocycles. The van der Waals surface area contributed by atoms with Crippen molar-refractivity contribution in [2.45, 2.75) is 23.8 Å². The highest BCUT2D eigenvalue weighted by Crippen LogP contribution is 2.21.